The Bertz CT molecular complexity index is 1200. The number of fused-ring (bicyclic) bond motifs is 3. The predicted molar refractivity (Wildman–Crippen MR) is 104 cm³/mol. The molecule has 134 valence electrons. The number of carbonyl (C=O) groups is 3. The molecule has 0 spiro atoms. The molecule has 0 aromatic heterocycles. The molecule has 4 nitrogen and oxygen atoms in total. The minimum atomic E-state index is -0.448. The van der Waals surface area contributed by atoms with Crippen molar-refractivity contribution in [2.75, 3.05) is 0 Å². The van der Waals surface area contributed by atoms with E-state index in [0.29, 0.717) is 40.0 Å². The topological polar surface area (TPSA) is 60.4 Å². The number of hydrogen-bond acceptors (Lipinski definition) is 4. The lowest BCUT2D eigenvalue weighted by Crippen LogP contribution is -2.19. The van der Waals surface area contributed by atoms with Gasteiger partial charge in [0, 0.05) is 28.7 Å². The lowest BCUT2D eigenvalue weighted by Gasteiger charge is -2.16. The molecule has 2 aliphatic rings. The first-order valence-electron chi connectivity index (χ1n) is 8.95. The molecule has 3 aromatic rings. The third-order valence-electron chi connectivity index (χ3n) is 5.15. The zero-order valence-corrected chi connectivity index (χ0v) is 14.8. The van der Waals surface area contributed by atoms with Crippen LogP contribution in [0.25, 0.3) is 5.57 Å². The molecular formula is C24H14O4. The summed E-state index contributed by atoms with van der Waals surface area (Å²) in [6.07, 6.45) is 0.361. The van der Waals surface area contributed by atoms with Gasteiger partial charge in [-0.15, -0.1) is 0 Å². The van der Waals surface area contributed by atoms with Crippen molar-refractivity contribution < 1.29 is 19.1 Å². The molecule has 0 bridgehead atoms. The molecule has 0 heterocycles. The molecule has 28 heavy (non-hydrogen) atoms. The van der Waals surface area contributed by atoms with Crippen molar-refractivity contribution in [3.63, 3.8) is 0 Å². The zero-order valence-electron chi connectivity index (χ0n) is 14.8. The molecule has 0 fully saturated rings. The van der Waals surface area contributed by atoms with Gasteiger partial charge < -0.3 is 4.74 Å². The van der Waals surface area contributed by atoms with Gasteiger partial charge in [0.2, 0.25) is 0 Å². The first-order valence-corrected chi connectivity index (χ1v) is 8.95. The van der Waals surface area contributed by atoms with Gasteiger partial charge in [-0.05, 0) is 35.4 Å². The summed E-state index contributed by atoms with van der Waals surface area (Å²) in [5.74, 6) is -0.289. The second-order valence-corrected chi connectivity index (χ2v) is 6.81. The second-order valence-electron chi connectivity index (χ2n) is 6.81. The maximum absolute atomic E-state index is 13.0. The fraction of sp³-hybridized carbons (Fsp3) is 0.0417. The average molecular weight is 366 g/mol. The summed E-state index contributed by atoms with van der Waals surface area (Å²) < 4.78 is 5.47. The highest BCUT2D eigenvalue weighted by molar-refractivity contribution is 6.41. The Morgan fingerprint density at radius 3 is 2.18 bits per heavy atom. The summed E-state index contributed by atoms with van der Waals surface area (Å²) >= 11 is 0. The molecule has 5 rings (SSSR count). The maximum atomic E-state index is 13.0. The standard InChI is InChI=1S/C24H14O4/c25-22-18-8-4-5-9-19(18)23(26)21-17-11-10-16(12-15(17)13-20(21)22)28-24(27)14-6-2-1-3-7-14/h1-12H,13H2. The lowest BCUT2D eigenvalue weighted by atomic mass is 9.84. The first kappa shape index (κ1) is 16.4. The van der Waals surface area contributed by atoms with E-state index >= 15 is 0 Å². The van der Waals surface area contributed by atoms with Crippen molar-refractivity contribution in [1.29, 1.82) is 0 Å². The molecule has 0 amide bonds. The predicted octanol–water partition coefficient (Wildman–Crippen LogP) is 4.29. The fourth-order valence-electron chi connectivity index (χ4n) is 3.83. The summed E-state index contributed by atoms with van der Waals surface area (Å²) in [6, 6.07) is 20.8. The van der Waals surface area contributed by atoms with Gasteiger partial charge in [0.15, 0.2) is 11.6 Å². The van der Waals surface area contributed by atoms with Gasteiger partial charge in [0.1, 0.15) is 5.75 Å². The average Bonchev–Trinajstić information content (AvgIpc) is 3.12. The van der Waals surface area contributed by atoms with Crippen LogP contribution in [0.1, 0.15) is 42.2 Å². The number of hydrogen-bond donors (Lipinski definition) is 0. The summed E-state index contributed by atoms with van der Waals surface area (Å²) in [5.41, 5.74) is 3.90. The van der Waals surface area contributed by atoms with Crippen LogP contribution in [0.5, 0.6) is 5.75 Å². The number of ether oxygens (including phenoxy) is 1. The van der Waals surface area contributed by atoms with Gasteiger partial charge >= 0.3 is 5.97 Å². The third kappa shape index (κ3) is 2.42. The molecule has 2 aliphatic carbocycles. The molecule has 0 N–H and O–H groups in total. The number of esters is 1. The van der Waals surface area contributed by atoms with Gasteiger partial charge in [-0.1, -0.05) is 48.5 Å². The monoisotopic (exact) mass is 366 g/mol. The number of carbonyl (C=O) groups excluding carboxylic acids is 3. The Labute approximate surface area is 161 Å². The highest BCUT2D eigenvalue weighted by Crippen LogP contribution is 2.41. The van der Waals surface area contributed by atoms with Crippen molar-refractivity contribution in [3.05, 3.63) is 106 Å². The number of rotatable bonds is 2. The van der Waals surface area contributed by atoms with Crippen molar-refractivity contribution in [2.45, 2.75) is 6.42 Å². The summed E-state index contributed by atoms with van der Waals surface area (Å²) in [4.78, 5) is 38.1. The number of benzene rings is 3. The van der Waals surface area contributed by atoms with Crippen molar-refractivity contribution in [1.82, 2.24) is 0 Å². The van der Waals surface area contributed by atoms with E-state index in [1.165, 1.54) is 0 Å². The fourth-order valence-corrected chi connectivity index (χ4v) is 3.83. The Hall–Kier alpha value is -3.79. The molecule has 0 atom stereocenters. The molecule has 0 saturated carbocycles. The second kappa shape index (κ2) is 6.13. The van der Waals surface area contributed by atoms with E-state index in [1.54, 1.807) is 66.7 Å². The van der Waals surface area contributed by atoms with Crippen LogP contribution in [0.3, 0.4) is 0 Å². The molecule has 0 saturated heterocycles. The maximum Gasteiger partial charge on any atom is 0.343 e. The van der Waals surface area contributed by atoms with E-state index in [-0.39, 0.29) is 11.6 Å². The minimum absolute atomic E-state index is 0.107. The summed E-state index contributed by atoms with van der Waals surface area (Å²) in [7, 11) is 0. The Morgan fingerprint density at radius 2 is 1.43 bits per heavy atom. The van der Waals surface area contributed by atoms with Crippen LogP contribution in [0.15, 0.2) is 78.4 Å². The van der Waals surface area contributed by atoms with Crippen LogP contribution in [-0.4, -0.2) is 17.5 Å². The minimum Gasteiger partial charge on any atom is -0.423 e. The Balaban J connectivity index is 1.48. The van der Waals surface area contributed by atoms with Crippen LogP contribution in [0.4, 0.5) is 0 Å². The molecule has 0 unspecified atom stereocenters. The van der Waals surface area contributed by atoms with E-state index in [9.17, 15) is 14.4 Å². The van der Waals surface area contributed by atoms with Gasteiger partial charge in [-0.25, -0.2) is 4.79 Å². The Kier molecular flexibility index (Phi) is 3.59. The van der Waals surface area contributed by atoms with Crippen LogP contribution in [-0.2, 0) is 6.42 Å². The first-order chi connectivity index (χ1) is 13.6. The van der Waals surface area contributed by atoms with Gasteiger partial charge in [0.25, 0.3) is 0 Å². The normalized spacial score (nSPS) is 14.4. The number of Topliss-reactive ketones (excluding diaryl/α,β-unsaturated/α-hetero) is 2. The van der Waals surface area contributed by atoms with E-state index in [1.807, 2.05) is 6.07 Å². The van der Waals surface area contributed by atoms with Crippen molar-refractivity contribution >= 4 is 23.1 Å². The van der Waals surface area contributed by atoms with E-state index in [0.717, 1.165) is 11.1 Å². The van der Waals surface area contributed by atoms with Gasteiger partial charge in [-0.3, -0.25) is 9.59 Å². The van der Waals surface area contributed by atoms with Crippen LogP contribution in [0.2, 0.25) is 0 Å². The molecule has 3 aromatic carbocycles. The lowest BCUT2D eigenvalue weighted by molar-refractivity contribution is 0.0734. The smallest absolute Gasteiger partial charge is 0.343 e. The van der Waals surface area contributed by atoms with Crippen LogP contribution in [0, 0.1) is 0 Å². The van der Waals surface area contributed by atoms with Crippen LogP contribution < -0.4 is 4.74 Å². The van der Waals surface area contributed by atoms with Crippen molar-refractivity contribution in [2.24, 2.45) is 0 Å². The van der Waals surface area contributed by atoms with Crippen LogP contribution >= 0.6 is 0 Å². The van der Waals surface area contributed by atoms with Crippen molar-refractivity contribution in [3.8, 4) is 5.75 Å². The molecular weight excluding hydrogens is 352 g/mol. The SMILES string of the molecule is O=C(Oc1ccc2c(c1)CC1=C2C(=O)c2ccccc2C1=O)c1ccccc1. The Morgan fingerprint density at radius 1 is 0.750 bits per heavy atom. The van der Waals surface area contributed by atoms with Gasteiger partial charge in [-0.2, -0.15) is 0 Å². The summed E-state index contributed by atoms with van der Waals surface area (Å²) in [6.45, 7) is 0. The third-order valence-corrected chi connectivity index (χ3v) is 5.15. The number of allylic oxidation sites excluding steroid dienone is 2. The molecule has 0 radical (unpaired) electrons. The highest BCUT2D eigenvalue weighted by atomic mass is 16.5. The van der Waals surface area contributed by atoms with E-state index in [4.69, 9.17) is 4.74 Å². The highest BCUT2D eigenvalue weighted by Gasteiger charge is 2.37. The van der Waals surface area contributed by atoms with E-state index < -0.39 is 5.97 Å². The van der Waals surface area contributed by atoms with E-state index in [2.05, 4.69) is 0 Å². The largest absolute Gasteiger partial charge is 0.423 e. The quantitative estimate of drug-likeness (QED) is 0.501. The molecule has 4 heteroatoms. The molecule has 0 aliphatic heterocycles. The zero-order chi connectivity index (χ0) is 19.3. The number of ketones is 2. The summed E-state index contributed by atoms with van der Waals surface area (Å²) in [5, 5.41) is 0. The van der Waals surface area contributed by atoms with Gasteiger partial charge in [0.05, 0.1) is 5.56 Å².